The van der Waals surface area contributed by atoms with E-state index in [9.17, 15) is 14.4 Å². The van der Waals surface area contributed by atoms with E-state index < -0.39 is 23.6 Å². The molecule has 7 nitrogen and oxygen atoms in total. The number of nitrogens with one attached hydrogen (secondary N) is 1. The molecule has 1 aliphatic heterocycles. The third-order valence-corrected chi connectivity index (χ3v) is 7.32. The number of hydrogen-bond acceptors (Lipinski definition) is 6. The lowest BCUT2D eigenvalue weighted by Crippen LogP contribution is -2.36. The zero-order valence-electron chi connectivity index (χ0n) is 20.9. The standard InChI is InChI=1S/C29H24BrClN2O5S/c1-3-4-20-13-19(14-24(37-2)27(20)38-17-18-5-7-21(30)8-6-18)15-25-28(35)33(29(36)39-25)16-26(34)32-23-11-9-22(31)10-12-23/h3,5-15H,1,4,16-17H2,2H3,(H,32,34)/b25-15-. The SMILES string of the molecule is C=CCc1cc(/C=C2\SC(=O)N(CC(=O)Nc3ccc(Cl)cc3)C2=O)cc(OC)c1OCc1ccc(Br)cc1. The number of anilines is 1. The number of thioether (sulfide) groups is 1. The number of carbonyl (C=O) groups is 3. The van der Waals surface area contributed by atoms with Crippen LogP contribution in [-0.4, -0.2) is 35.6 Å². The Balaban J connectivity index is 1.51. The monoisotopic (exact) mass is 626 g/mol. The molecule has 0 atom stereocenters. The second-order valence-corrected chi connectivity index (χ2v) is 10.8. The Morgan fingerprint density at radius 2 is 1.85 bits per heavy atom. The van der Waals surface area contributed by atoms with Crippen molar-refractivity contribution in [3.63, 3.8) is 0 Å². The Morgan fingerprint density at radius 3 is 2.51 bits per heavy atom. The molecule has 0 aliphatic carbocycles. The van der Waals surface area contributed by atoms with Crippen LogP contribution in [0.1, 0.15) is 16.7 Å². The molecule has 1 saturated heterocycles. The fourth-order valence-corrected chi connectivity index (χ4v) is 5.02. The van der Waals surface area contributed by atoms with Gasteiger partial charge in [-0.15, -0.1) is 6.58 Å². The first-order valence-corrected chi connectivity index (χ1v) is 13.8. The molecule has 0 bridgehead atoms. The second-order valence-electron chi connectivity index (χ2n) is 8.44. The molecule has 3 aromatic carbocycles. The summed E-state index contributed by atoms with van der Waals surface area (Å²) in [6, 6.07) is 17.9. The fourth-order valence-electron chi connectivity index (χ4n) is 3.79. The minimum atomic E-state index is -0.545. The van der Waals surface area contributed by atoms with E-state index in [4.69, 9.17) is 21.1 Å². The van der Waals surface area contributed by atoms with Gasteiger partial charge in [-0.25, -0.2) is 0 Å². The van der Waals surface area contributed by atoms with Gasteiger partial charge in [0.05, 0.1) is 12.0 Å². The molecule has 0 aromatic heterocycles. The fraction of sp³-hybridized carbons (Fsp3) is 0.138. The number of imide groups is 1. The van der Waals surface area contributed by atoms with E-state index in [0.29, 0.717) is 40.8 Å². The topological polar surface area (TPSA) is 84.9 Å². The average Bonchev–Trinajstić information content (AvgIpc) is 3.17. The van der Waals surface area contributed by atoms with E-state index in [1.165, 1.54) is 7.11 Å². The first-order chi connectivity index (χ1) is 18.8. The van der Waals surface area contributed by atoms with Crippen LogP contribution in [0.5, 0.6) is 11.5 Å². The van der Waals surface area contributed by atoms with Crippen molar-refractivity contribution in [2.45, 2.75) is 13.0 Å². The van der Waals surface area contributed by atoms with E-state index in [1.54, 1.807) is 42.5 Å². The minimum Gasteiger partial charge on any atom is -0.493 e. The van der Waals surface area contributed by atoms with E-state index >= 15 is 0 Å². The molecule has 4 rings (SSSR count). The third-order valence-electron chi connectivity index (χ3n) is 5.64. The van der Waals surface area contributed by atoms with Crippen LogP contribution in [0.3, 0.4) is 0 Å². The zero-order valence-corrected chi connectivity index (χ0v) is 24.1. The second kappa shape index (κ2) is 13.0. The van der Waals surface area contributed by atoms with Gasteiger partial charge in [0, 0.05) is 20.7 Å². The van der Waals surface area contributed by atoms with Crippen LogP contribution in [0.15, 0.2) is 82.7 Å². The summed E-state index contributed by atoms with van der Waals surface area (Å²) >= 11 is 10.1. The van der Waals surface area contributed by atoms with Crippen LogP contribution in [0.25, 0.3) is 6.08 Å². The molecule has 1 fully saturated rings. The van der Waals surface area contributed by atoms with Crippen molar-refractivity contribution in [3.05, 3.63) is 104 Å². The number of rotatable bonds is 10. The number of nitrogens with zero attached hydrogens (tertiary/aromatic N) is 1. The number of halogens is 2. The highest BCUT2D eigenvalue weighted by Crippen LogP contribution is 2.37. The lowest BCUT2D eigenvalue weighted by Gasteiger charge is -2.16. The highest BCUT2D eigenvalue weighted by Gasteiger charge is 2.36. The number of carbonyl (C=O) groups excluding carboxylic acids is 3. The van der Waals surface area contributed by atoms with Gasteiger partial charge in [0.1, 0.15) is 13.2 Å². The average molecular weight is 628 g/mol. The van der Waals surface area contributed by atoms with E-state index in [2.05, 4.69) is 27.8 Å². The maximum atomic E-state index is 13.0. The van der Waals surface area contributed by atoms with Gasteiger partial charge < -0.3 is 14.8 Å². The van der Waals surface area contributed by atoms with Crippen molar-refractivity contribution in [3.8, 4) is 11.5 Å². The number of amides is 3. The lowest BCUT2D eigenvalue weighted by molar-refractivity contribution is -0.127. The van der Waals surface area contributed by atoms with Crippen molar-refractivity contribution >= 4 is 68.1 Å². The summed E-state index contributed by atoms with van der Waals surface area (Å²) in [5.74, 6) is 0.0165. The number of benzene rings is 3. The molecule has 10 heteroatoms. The molecular weight excluding hydrogens is 604 g/mol. The molecule has 3 aromatic rings. The molecule has 1 N–H and O–H groups in total. The van der Waals surface area contributed by atoms with Crippen LogP contribution in [0.2, 0.25) is 5.02 Å². The summed E-state index contributed by atoms with van der Waals surface area (Å²) in [6.07, 6.45) is 3.86. The molecule has 0 spiro atoms. The summed E-state index contributed by atoms with van der Waals surface area (Å²) in [5.41, 5.74) is 2.96. The molecule has 1 heterocycles. The molecule has 3 amide bonds. The Morgan fingerprint density at radius 1 is 1.13 bits per heavy atom. The maximum Gasteiger partial charge on any atom is 0.294 e. The summed E-state index contributed by atoms with van der Waals surface area (Å²) in [7, 11) is 1.54. The van der Waals surface area contributed by atoms with Crippen molar-refractivity contribution < 1.29 is 23.9 Å². The summed E-state index contributed by atoms with van der Waals surface area (Å²) in [5, 5.41) is 2.66. The molecule has 1 aliphatic rings. The predicted octanol–water partition coefficient (Wildman–Crippen LogP) is 7.09. The Kier molecular flexibility index (Phi) is 9.50. The van der Waals surface area contributed by atoms with Crippen LogP contribution in [0, 0.1) is 0 Å². The Hall–Kier alpha value is -3.53. The first-order valence-electron chi connectivity index (χ1n) is 11.8. The van der Waals surface area contributed by atoms with Gasteiger partial charge in [-0.3, -0.25) is 19.3 Å². The van der Waals surface area contributed by atoms with Gasteiger partial charge in [0.25, 0.3) is 11.1 Å². The highest BCUT2D eigenvalue weighted by molar-refractivity contribution is 9.10. The van der Waals surface area contributed by atoms with Crippen LogP contribution >= 0.6 is 39.3 Å². The third kappa shape index (κ3) is 7.32. The number of hydrogen-bond donors (Lipinski definition) is 1. The van der Waals surface area contributed by atoms with Crippen molar-refractivity contribution in [2.24, 2.45) is 0 Å². The van der Waals surface area contributed by atoms with E-state index in [-0.39, 0.29) is 4.91 Å². The zero-order chi connectivity index (χ0) is 27.9. The largest absolute Gasteiger partial charge is 0.493 e. The summed E-state index contributed by atoms with van der Waals surface area (Å²) in [4.78, 5) is 39.2. The Bertz CT molecular complexity index is 1440. The highest BCUT2D eigenvalue weighted by atomic mass is 79.9. The number of methoxy groups -OCH3 is 1. The smallest absolute Gasteiger partial charge is 0.294 e. The van der Waals surface area contributed by atoms with Gasteiger partial charge in [-0.05, 0) is 83.9 Å². The molecule has 0 saturated carbocycles. The predicted molar refractivity (Wildman–Crippen MR) is 158 cm³/mol. The molecule has 39 heavy (non-hydrogen) atoms. The summed E-state index contributed by atoms with van der Waals surface area (Å²) in [6.45, 7) is 3.77. The first kappa shape index (κ1) is 28.5. The van der Waals surface area contributed by atoms with E-state index in [1.807, 2.05) is 30.3 Å². The van der Waals surface area contributed by atoms with Crippen molar-refractivity contribution in [2.75, 3.05) is 19.0 Å². The minimum absolute atomic E-state index is 0.203. The lowest BCUT2D eigenvalue weighted by atomic mass is 10.0. The van der Waals surface area contributed by atoms with Crippen LogP contribution < -0.4 is 14.8 Å². The quantitative estimate of drug-likeness (QED) is 0.191. The molecule has 0 radical (unpaired) electrons. The molecular formula is C29H24BrClN2O5S. The summed E-state index contributed by atoms with van der Waals surface area (Å²) < 4.78 is 12.7. The maximum absolute atomic E-state index is 13.0. The molecule has 200 valence electrons. The molecule has 0 unspecified atom stereocenters. The van der Waals surface area contributed by atoms with Gasteiger partial charge in [0.15, 0.2) is 11.5 Å². The van der Waals surface area contributed by atoms with Crippen LogP contribution in [0.4, 0.5) is 10.5 Å². The van der Waals surface area contributed by atoms with Gasteiger partial charge in [0.2, 0.25) is 5.91 Å². The van der Waals surface area contributed by atoms with Gasteiger partial charge in [-0.1, -0.05) is 45.7 Å². The number of ether oxygens (including phenoxy) is 2. The van der Waals surface area contributed by atoms with Gasteiger partial charge >= 0.3 is 0 Å². The normalized spacial score (nSPS) is 14.0. The van der Waals surface area contributed by atoms with E-state index in [0.717, 1.165) is 32.3 Å². The Labute approximate surface area is 243 Å². The van der Waals surface area contributed by atoms with Gasteiger partial charge in [-0.2, -0.15) is 0 Å². The van der Waals surface area contributed by atoms with Crippen molar-refractivity contribution in [1.29, 1.82) is 0 Å². The van der Waals surface area contributed by atoms with Crippen molar-refractivity contribution in [1.82, 2.24) is 4.90 Å². The van der Waals surface area contributed by atoms with Crippen LogP contribution in [-0.2, 0) is 22.6 Å². The number of allylic oxidation sites excluding steroid dienone is 1.